The monoisotopic (exact) mass is 481 g/mol. The summed E-state index contributed by atoms with van der Waals surface area (Å²) in [5.41, 5.74) is 3.68. The van der Waals surface area contributed by atoms with E-state index in [1.165, 1.54) is 12.1 Å². The van der Waals surface area contributed by atoms with Crippen molar-refractivity contribution < 1.29 is 13.9 Å². The van der Waals surface area contributed by atoms with Gasteiger partial charge >= 0.3 is 0 Å². The number of hydrogen-bond donors (Lipinski definition) is 1. The number of ether oxygens (including phenoxy) is 1. The molecule has 7 nitrogen and oxygen atoms in total. The van der Waals surface area contributed by atoms with Gasteiger partial charge in [-0.2, -0.15) is 10.2 Å². The number of nitrogens with zero attached hydrogens (tertiary/aromatic N) is 4. The molecule has 0 amide bonds. The van der Waals surface area contributed by atoms with Crippen LogP contribution in [0, 0.1) is 11.7 Å². The molecule has 3 heterocycles. The second-order valence-corrected chi connectivity index (χ2v) is 9.21. The van der Waals surface area contributed by atoms with Gasteiger partial charge in [-0.1, -0.05) is 17.7 Å². The van der Waals surface area contributed by atoms with Crippen LogP contribution in [0.3, 0.4) is 0 Å². The van der Waals surface area contributed by atoms with E-state index >= 15 is 0 Å². The van der Waals surface area contributed by atoms with Crippen molar-refractivity contribution in [3.05, 3.63) is 64.8 Å². The van der Waals surface area contributed by atoms with Gasteiger partial charge < -0.3 is 9.64 Å². The normalized spacial score (nSPS) is 15.9. The molecular formula is C25H25ClFN5O2. The Labute approximate surface area is 201 Å². The molecule has 34 heavy (non-hydrogen) atoms. The third kappa shape index (κ3) is 4.31. The Hall–Kier alpha value is -3.23. The zero-order valence-corrected chi connectivity index (χ0v) is 19.8. The number of carbonyl (C=O) groups excluding carboxylic acids is 1. The molecule has 0 spiro atoms. The van der Waals surface area contributed by atoms with Gasteiger partial charge in [0.2, 0.25) is 0 Å². The highest BCUT2D eigenvalue weighted by atomic mass is 35.5. The van der Waals surface area contributed by atoms with Crippen molar-refractivity contribution in [3.63, 3.8) is 0 Å². The van der Waals surface area contributed by atoms with Crippen LogP contribution in [-0.2, 0) is 13.0 Å². The number of nitrogens with one attached hydrogen (secondary N) is 1. The van der Waals surface area contributed by atoms with Crippen LogP contribution in [0.2, 0.25) is 5.15 Å². The lowest BCUT2D eigenvalue weighted by Gasteiger charge is -2.11. The zero-order valence-electron chi connectivity index (χ0n) is 19.0. The lowest BCUT2D eigenvalue weighted by Crippen LogP contribution is -2.21. The smallest absolute Gasteiger partial charge is 0.187 e. The molecule has 2 aromatic heterocycles. The van der Waals surface area contributed by atoms with Gasteiger partial charge in [-0.25, -0.2) is 4.39 Å². The Bertz CT molecular complexity index is 1360. The average molecular weight is 482 g/mol. The molecule has 1 unspecified atom stereocenters. The van der Waals surface area contributed by atoms with Crippen molar-refractivity contribution >= 4 is 28.3 Å². The molecule has 1 aliphatic heterocycles. The lowest BCUT2D eigenvalue weighted by atomic mass is 9.90. The summed E-state index contributed by atoms with van der Waals surface area (Å²) in [4.78, 5) is 15.8. The molecule has 0 aliphatic carbocycles. The second-order valence-electron chi connectivity index (χ2n) is 8.85. The number of aromatic nitrogens is 4. The van der Waals surface area contributed by atoms with Gasteiger partial charge in [0.1, 0.15) is 17.3 Å². The number of carbonyl (C=O) groups is 1. The maximum absolute atomic E-state index is 13.8. The maximum Gasteiger partial charge on any atom is 0.187 e. The van der Waals surface area contributed by atoms with Crippen LogP contribution in [-0.4, -0.2) is 57.9 Å². The number of benzene rings is 2. The number of halogens is 2. The topological polar surface area (TPSA) is 76.0 Å². The third-order valence-electron chi connectivity index (χ3n) is 6.23. The van der Waals surface area contributed by atoms with Crippen molar-refractivity contribution in [3.8, 4) is 16.9 Å². The van der Waals surface area contributed by atoms with E-state index in [-0.39, 0.29) is 17.5 Å². The number of fused-ring (bicyclic) bond motifs is 2. The van der Waals surface area contributed by atoms with E-state index in [1.54, 1.807) is 12.3 Å². The number of hydrogen-bond acceptors (Lipinski definition) is 5. The first-order valence-corrected chi connectivity index (χ1v) is 11.6. The maximum atomic E-state index is 13.8. The molecule has 1 atom stereocenters. The summed E-state index contributed by atoms with van der Waals surface area (Å²) >= 11 is 6.23. The molecule has 0 radical (unpaired) electrons. The zero-order chi connectivity index (χ0) is 23.8. The number of ketones is 1. The predicted octanol–water partition coefficient (Wildman–Crippen LogP) is 4.60. The number of aromatic amines is 1. The summed E-state index contributed by atoms with van der Waals surface area (Å²) in [5, 5.41) is 12.7. The van der Waals surface area contributed by atoms with Crippen LogP contribution in [0.25, 0.3) is 22.0 Å². The Kier molecular flexibility index (Phi) is 6.10. The first-order valence-electron chi connectivity index (χ1n) is 11.2. The van der Waals surface area contributed by atoms with Crippen molar-refractivity contribution in [1.82, 2.24) is 24.9 Å². The van der Waals surface area contributed by atoms with Gasteiger partial charge in [0, 0.05) is 29.6 Å². The molecule has 9 heteroatoms. The molecule has 0 bridgehead atoms. The van der Waals surface area contributed by atoms with Crippen LogP contribution in [0.15, 0.2) is 42.6 Å². The Morgan fingerprint density at radius 2 is 2.15 bits per heavy atom. The summed E-state index contributed by atoms with van der Waals surface area (Å²) in [6, 6.07) is 10.3. The number of likely N-dealkylation sites (N-methyl/N-ethyl adjacent to an activating group) is 1. The minimum atomic E-state index is -0.341. The third-order valence-corrected chi connectivity index (χ3v) is 6.52. The van der Waals surface area contributed by atoms with Crippen LogP contribution < -0.4 is 4.74 Å². The van der Waals surface area contributed by atoms with Crippen molar-refractivity contribution in [2.75, 3.05) is 27.2 Å². The summed E-state index contributed by atoms with van der Waals surface area (Å²) in [6.07, 6.45) is 2.71. The van der Waals surface area contributed by atoms with E-state index in [1.807, 2.05) is 37.0 Å². The minimum Gasteiger partial charge on any atom is -0.493 e. The minimum absolute atomic E-state index is 0.0524. The first-order chi connectivity index (χ1) is 16.4. The summed E-state index contributed by atoms with van der Waals surface area (Å²) in [5.74, 6) is -0.0890. The molecule has 176 valence electrons. The van der Waals surface area contributed by atoms with E-state index in [0.717, 1.165) is 28.6 Å². The highest BCUT2D eigenvalue weighted by Gasteiger charge is 2.29. The molecule has 0 saturated heterocycles. The summed E-state index contributed by atoms with van der Waals surface area (Å²) in [7, 11) is 3.99. The standard InChI is InChI=1S/C25H25ClFN5O2/c1-31(2)8-9-32-21-13-15(20-14-28-29-25(20)26)3-5-19(21)23(30-32)24(33)16-7-10-34-22-6-4-18(27)12-17(22)11-16/h3-6,12-14,16H,7-11H2,1-2H3,(H,28,29). The molecule has 0 saturated carbocycles. The number of H-pyrrole nitrogens is 1. The molecule has 2 aromatic carbocycles. The Balaban J connectivity index is 1.54. The van der Waals surface area contributed by atoms with Crippen LogP contribution in [0.4, 0.5) is 4.39 Å². The second kappa shape index (κ2) is 9.19. The highest BCUT2D eigenvalue weighted by molar-refractivity contribution is 6.32. The number of Topliss-reactive ketones (excluding diaryl/α,β-unsaturated/α-hetero) is 1. The van der Waals surface area contributed by atoms with E-state index in [2.05, 4.69) is 15.1 Å². The lowest BCUT2D eigenvalue weighted by molar-refractivity contribution is 0.0901. The molecule has 4 aromatic rings. The Morgan fingerprint density at radius 3 is 2.91 bits per heavy atom. The van der Waals surface area contributed by atoms with E-state index in [9.17, 15) is 9.18 Å². The largest absolute Gasteiger partial charge is 0.493 e. The summed E-state index contributed by atoms with van der Waals surface area (Å²) < 4.78 is 21.5. The molecule has 1 aliphatic rings. The van der Waals surface area contributed by atoms with E-state index in [4.69, 9.17) is 21.4 Å². The first kappa shape index (κ1) is 22.6. The fraction of sp³-hybridized carbons (Fsp3) is 0.320. The van der Waals surface area contributed by atoms with Crippen molar-refractivity contribution in [2.24, 2.45) is 5.92 Å². The van der Waals surface area contributed by atoms with Crippen LogP contribution >= 0.6 is 11.6 Å². The van der Waals surface area contributed by atoms with Crippen molar-refractivity contribution in [2.45, 2.75) is 19.4 Å². The quantitative estimate of drug-likeness (QED) is 0.407. The average Bonchev–Trinajstić information content (AvgIpc) is 3.33. The predicted molar refractivity (Wildman–Crippen MR) is 129 cm³/mol. The van der Waals surface area contributed by atoms with Gasteiger partial charge in [0.25, 0.3) is 0 Å². The fourth-order valence-corrected chi connectivity index (χ4v) is 4.62. The van der Waals surface area contributed by atoms with Crippen LogP contribution in [0.1, 0.15) is 22.5 Å². The SMILES string of the molecule is CN(C)CCn1nc(C(=O)C2CCOc3ccc(F)cc3C2)c2ccc(-c3c[nH]nc3Cl)cc21. The van der Waals surface area contributed by atoms with Gasteiger partial charge in [-0.15, -0.1) is 0 Å². The molecule has 0 fully saturated rings. The van der Waals surface area contributed by atoms with Crippen LogP contribution in [0.5, 0.6) is 5.75 Å². The number of rotatable bonds is 6. The van der Waals surface area contributed by atoms with Gasteiger partial charge in [0.05, 0.1) is 18.7 Å². The highest BCUT2D eigenvalue weighted by Crippen LogP contribution is 2.33. The van der Waals surface area contributed by atoms with Gasteiger partial charge in [0.15, 0.2) is 10.9 Å². The molecule has 1 N–H and O–H groups in total. The summed E-state index contributed by atoms with van der Waals surface area (Å²) in [6.45, 7) is 1.80. The van der Waals surface area contributed by atoms with Gasteiger partial charge in [-0.3, -0.25) is 14.6 Å². The van der Waals surface area contributed by atoms with Gasteiger partial charge in [-0.05, 0) is 68.4 Å². The van der Waals surface area contributed by atoms with E-state index in [0.29, 0.717) is 48.2 Å². The van der Waals surface area contributed by atoms with E-state index < -0.39 is 0 Å². The van der Waals surface area contributed by atoms with Crippen molar-refractivity contribution in [1.29, 1.82) is 0 Å². The molecule has 5 rings (SSSR count). The fourth-order valence-electron chi connectivity index (χ4n) is 4.41. The molecular weight excluding hydrogens is 457 g/mol. The Morgan fingerprint density at radius 1 is 1.29 bits per heavy atom.